The zero-order valence-corrected chi connectivity index (χ0v) is 12.3. The van der Waals surface area contributed by atoms with Crippen LogP contribution in [0.4, 0.5) is 0 Å². The summed E-state index contributed by atoms with van der Waals surface area (Å²) in [6.45, 7) is 3.65. The number of aromatic hydroxyl groups is 1. The van der Waals surface area contributed by atoms with Gasteiger partial charge in [-0.15, -0.1) is 10.2 Å². The Balaban J connectivity index is 2.36. The van der Waals surface area contributed by atoms with Crippen molar-refractivity contribution in [3.8, 4) is 11.5 Å². The van der Waals surface area contributed by atoms with Gasteiger partial charge in [-0.3, -0.25) is 0 Å². The van der Waals surface area contributed by atoms with Gasteiger partial charge in [-0.1, -0.05) is 0 Å². The van der Waals surface area contributed by atoms with Crippen molar-refractivity contribution in [1.29, 1.82) is 0 Å². The van der Waals surface area contributed by atoms with E-state index >= 15 is 0 Å². The monoisotopic (exact) mass is 324 g/mol. The van der Waals surface area contributed by atoms with Crippen molar-refractivity contribution in [2.75, 3.05) is 7.11 Å². The molecule has 0 amide bonds. The van der Waals surface area contributed by atoms with Crippen LogP contribution in [0.25, 0.3) is 0 Å². The molecule has 0 spiro atoms. The third-order valence-electron chi connectivity index (χ3n) is 2.55. The molecule has 0 radical (unpaired) electrons. The molecule has 1 aromatic heterocycles. The minimum absolute atomic E-state index is 0.0660. The van der Waals surface area contributed by atoms with E-state index in [0.717, 1.165) is 5.56 Å². The molecule has 0 saturated carbocycles. The molecule has 0 unspecified atom stereocenters. The van der Waals surface area contributed by atoms with E-state index in [2.05, 4.69) is 31.2 Å². The van der Waals surface area contributed by atoms with Crippen LogP contribution in [-0.2, 0) is 0 Å². The minimum Gasteiger partial charge on any atom is -0.503 e. The van der Waals surface area contributed by atoms with Gasteiger partial charge < -0.3 is 9.84 Å². The van der Waals surface area contributed by atoms with Crippen LogP contribution in [0.1, 0.15) is 17.2 Å². The maximum atomic E-state index is 9.72. The van der Waals surface area contributed by atoms with Crippen LogP contribution in [0.2, 0.25) is 0 Å². The molecular weight excluding hydrogens is 312 g/mol. The Kier molecular flexibility index (Phi) is 3.84. The first-order chi connectivity index (χ1) is 9.02. The van der Waals surface area contributed by atoms with Gasteiger partial charge in [-0.05, 0) is 47.5 Å². The maximum Gasteiger partial charge on any atom is 0.172 e. The van der Waals surface area contributed by atoms with E-state index in [1.54, 1.807) is 23.0 Å². The van der Waals surface area contributed by atoms with Crippen molar-refractivity contribution in [3.63, 3.8) is 0 Å². The fourth-order valence-corrected chi connectivity index (χ4v) is 2.04. The molecule has 0 atom stereocenters. The van der Waals surface area contributed by atoms with Gasteiger partial charge in [-0.2, -0.15) is 5.10 Å². The molecule has 6 nitrogen and oxygen atoms in total. The van der Waals surface area contributed by atoms with Gasteiger partial charge >= 0.3 is 0 Å². The Labute approximate surface area is 118 Å². The lowest BCUT2D eigenvalue weighted by Gasteiger charge is -2.06. The number of nitrogens with zero attached hydrogens (tertiary/aromatic N) is 4. The largest absolute Gasteiger partial charge is 0.503 e. The lowest BCUT2D eigenvalue weighted by atomic mass is 10.2. The lowest BCUT2D eigenvalue weighted by molar-refractivity contribution is 0.372. The number of aromatic nitrogens is 3. The second kappa shape index (κ2) is 5.40. The van der Waals surface area contributed by atoms with Gasteiger partial charge in [-0.25, -0.2) is 4.68 Å². The van der Waals surface area contributed by atoms with Crippen molar-refractivity contribution < 1.29 is 9.84 Å². The zero-order chi connectivity index (χ0) is 14.0. The number of hydrogen-bond donors (Lipinski definition) is 1. The number of benzene rings is 1. The summed E-state index contributed by atoms with van der Waals surface area (Å²) in [6.07, 6.45) is 1.65. The molecule has 0 aliphatic heterocycles. The molecule has 19 heavy (non-hydrogen) atoms. The second-order valence-electron chi connectivity index (χ2n) is 3.90. The predicted octanol–water partition coefficient (Wildman–Crippen LogP) is 2.25. The first-order valence-corrected chi connectivity index (χ1v) is 6.31. The normalized spacial score (nSPS) is 11.2. The van der Waals surface area contributed by atoms with E-state index in [4.69, 9.17) is 4.74 Å². The van der Waals surface area contributed by atoms with Crippen LogP contribution < -0.4 is 4.74 Å². The minimum atomic E-state index is 0.0660. The number of methoxy groups -OCH3 is 1. The molecule has 1 aromatic carbocycles. The molecule has 100 valence electrons. The summed E-state index contributed by atoms with van der Waals surface area (Å²) in [5.74, 6) is 1.86. The zero-order valence-electron chi connectivity index (χ0n) is 10.8. The Bertz CT molecular complexity index is 617. The molecule has 0 aliphatic rings. The number of phenols is 1. The molecule has 2 rings (SSSR count). The third kappa shape index (κ3) is 2.76. The van der Waals surface area contributed by atoms with Crippen LogP contribution >= 0.6 is 15.9 Å². The molecule has 0 aliphatic carbocycles. The summed E-state index contributed by atoms with van der Waals surface area (Å²) >= 11 is 3.26. The van der Waals surface area contributed by atoms with Crippen LogP contribution in [0.5, 0.6) is 11.5 Å². The molecular formula is C12H13BrN4O2. The van der Waals surface area contributed by atoms with Crippen LogP contribution in [-0.4, -0.2) is 33.3 Å². The van der Waals surface area contributed by atoms with Crippen molar-refractivity contribution in [2.24, 2.45) is 5.10 Å². The highest BCUT2D eigenvalue weighted by molar-refractivity contribution is 9.10. The quantitative estimate of drug-likeness (QED) is 0.879. The summed E-state index contributed by atoms with van der Waals surface area (Å²) < 4.78 is 7.26. The second-order valence-corrected chi connectivity index (χ2v) is 4.76. The highest BCUT2D eigenvalue weighted by atomic mass is 79.9. The average Bonchev–Trinajstić information content (AvgIpc) is 2.70. The predicted molar refractivity (Wildman–Crippen MR) is 74.8 cm³/mol. The van der Waals surface area contributed by atoms with Gasteiger partial charge in [0.1, 0.15) is 0 Å². The van der Waals surface area contributed by atoms with Crippen LogP contribution in [0.3, 0.4) is 0 Å². The van der Waals surface area contributed by atoms with Crippen molar-refractivity contribution >= 4 is 22.1 Å². The number of hydrogen-bond acceptors (Lipinski definition) is 5. The SMILES string of the molecule is COc1cc(C=Nn2c(C)nnc2C)cc(Br)c1O. The van der Waals surface area contributed by atoms with Crippen LogP contribution in [0.15, 0.2) is 21.7 Å². The highest BCUT2D eigenvalue weighted by Crippen LogP contribution is 2.34. The van der Waals surface area contributed by atoms with E-state index in [1.807, 2.05) is 13.8 Å². The van der Waals surface area contributed by atoms with Crippen molar-refractivity contribution in [2.45, 2.75) is 13.8 Å². The van der Waals surface area contributed by atoms with Gasteiger partial charge in [0.25, 0.3) is 0 Å². The number of aryl methyl sites for hydroxylation is 2. The third-order valence-corrected chi connectivity index (χ3v) is 3.15. The first-order valence-electron chi connectivity index (χ1n) is 5.52. The topological polar surface area (TPSA) is 72.5 Å². The lowest BCUT2D eigenvalue weighted by Crippen LogP contribution is -1.96. The summed E-state index contributed by atoms with van der Waals surface area (Å²) in [5.41, 5.74) is 0.786. The van der Waals surface area contributed by atoms with Gasteiger partial charge in [0.15, 0.2) is 23.1 Å². The standard InChI is InChI=1S/C12H13BrN4O2/c1-7-15-16-8(2)17(7)14-6-9-4-10(13)12(18)11(5-9)19-3/h4-6,18H,1-3H3. The number of phenolic OH excluding ortho intramolecular Hbond substituents is 1. The fraction of sp³-hybridized carbons (Fsp3) is 0.250. The van der Waals surface area contributed by atoms with E-state index in [1.165, 1.54) is 7.11 Å². The number of rotatable bonds is 3. The maximum absolute atomic E-state index is 9.72. The van der Waals surface area contributed by atoms with Crippen molar-refractivity contribution in [1.82, 2.24) is 14.9 Å². The summed E-state index contributed by atoms with van der Waals surface area (Å²) in [5, 5.41) is 21.8. The summed E-state index contributed by atoms with van der Waals surface area (Å²) in [7, 11) is 1.50. The molecule has 2 aromatic rings. The molecule has 0 saturated heterocycles. The Morgan fingerprint density at radius 1 is 1.32 bits per heavy atom. The molecule has 1 N–H and O–H groups in total. The highest BCUT2D eigenvalue weighted by Gasteiger charge is 2.08. The Morgan fingerprint density at radius 2 is 1.95 bits per heavy atom. The van der Waals surface area contributed by atoms with E-state index < -0.39 is 0 Å². The molecule has 7 heteroatoms. The van der Waals surface area contributed by atoms with E-state index in [-0.39, 0.29) is 5.75 Å². The first kappa shape index (κ1) is 13.5. The summed E-state index contributed by atoms with van der Waals surface area (Å²) in [4.78, 5) is 0. The average molecular weight is 325 g/mol. The van der Waals surface area contributed by atoms with E-state index in [9.17, 15) is 5.11 Å². The molecule has 0 fully saturated rings. The van der Waals surface area contributed by atoms with Gasteiger partial charge in [0.05, 0.1) is 17.8 Å². The van der Waals surface area contributed by atoms with Crippen molar-refractivity contribution in [3.05, 3.63) is 33.8 Å². The van der Waals surface area contributed by atoms with Crippen LogP contribution in [0, 0.1) is 13.8 Å². The van der Waals surface area contributed by atoms with Gasteiger partial charge in [0.2, 0.25) is 0 Å². The smallest absolute Gasteiger partial charge is 0.172 e. The Hall–Kier alpha value is -1.89. The number of halogens is 1. The molecule has 0 bridgehead atoms. The Morgan fingerprint density at radius 3 is 2.53 bits per heavy atom. The molecule has 1 heterocycles. The fourth-order valence-electron chi connectivity index (χ4n) is 1.58. The summed E-state index contributed by atoms with van der Waals surface area (Å²) in [6, 6.07) is 3.44. The van der Waals surface area contributed by atoms with E-state index in [0.29, 0.717) is 21.9 Å². The van der Waals surface area contributed by atoms with Gasteiger partial charge in [0, 0.05) is 0 Å². The number of ether oxygens (including phenoxy) is 1.